The summed E-state index contributed by atoms with van der Waals surface area (Å²) in [6.45, 7) is 1.64. The van der Waals surface area contributed by atoms with E-state index in [0.717, 1.165) is 18.4 Å². The highest BCUT2D eigenvalue weighted by molar-refractivity contribution is 5.94. The molecule has 3 rings (SSSR count). The zero-order valence-corrected chi connectivity index (χ0v) is 11.4. The molecule has 0 unspecified atom stereocenters. The standard InChI is InChI=1S/C13H16N4O3/c1-8-10(11(19)16-13(7-18)3-4-13)15-12(20-8)9-5-14-17(2)6-9/h5-6,18H,3-4,7H2,1-2H3,(H,16,19). The lowest BCUT2D eigenvalue weighted by atomic mass is 10.2. The van der Waals surface area contributed by atoms with E-state index in [2.05, 4.69) is 15.4 Å². The summed E-state index contributed by atoms with van der Waals surface area (Å²) < 4.78 is 7.15. The summed E-state index contributed by atoms with van der Waals surface area (Å²) >= 11 is 0. The SMILES string of the molecule is Cc1oc(-c2cnn(C)c2)nc1C(=O)NC1(CO)CC1. The fourth-order valence-electron chi connectivity index (χ4n) is 2.04. The van der Waals surface area contributed by atoms with Gasteiger partial charge in [-0.2, -0.15) is 5.10 Å². The molecule has 0 atom stereocenters. The molecule has 0 aromatic carbocycles. The van der Waals surface area contributed by atoms with Crippen LogP contribution in [-0.4, -0.2) is 37.9 Å². The maximum atomic E-state index is 12.2. The third-order valence-electron chi connectivity index (χ3n) is 3.50. The first-order valence-corrected chi connectivity index (χ1v) is 6.43. The number of carbonyl (C=O) groups excluding carboxylic acids is 1. The van der Waals surface area contributed by atoms with Crippen LogP contribution in [0, 0.1) is 6.92 Å². The second-order valence-corrected chi connectivity index (χ2v) is 5.22. The van der Waals surface area contributed by atoms with Gasteiger partial charge in [0.2, 0.25) is 5.89 Å². The summed E-state index contributed by atoms with van der Waals surface area (Å²) in [5.41, 5.74) is 0.512. The number of aromatic nitrogens is 3. The first-order valence-electron chi connectivity index (χ1n) is 6.43. The fourth-order valence-corrected chi connectivity index (χ4v) is 2.04. The normalized spacial score (nSPS) is 16.1. The lowest BCUT2D eigenvalue weighted by molar-refractivity contribution is 0.0901. The summed E-state index contributed by atoms with van der Waals surface area (Å²) in [5.74, 6) is 0.512. The van der Waals surface area contributed by atoms with Crippen LogP contribution in [0.4, 0.5) is 0 Å². The van der Waals surface area contributed by atoms with Crippen LogP contribution in [0.2, 0.25) is 0 Å². The molecule has 0 aliphatic heterocycles. The third kappa shape index (κ3) is 2.20. The van der Waals surface area contributed by atoms with Crippen molar-refractivity contribution in [3.63, 3.8) is 0 Å². The second kappa shape index (κ2) is 4.45. The van der Waals surface area contributed by atoms with E-state index in [1.165, 1.54) is 0 Å². The molecule has 7 nitrogen and oxygen atoms in total. The molecule has 2 heterocycles. The van der Waals surface area contributed by atoms with E-state index in [0.29, 0.717) is 11.7 Å². The number of carbonyl (C=O) groups is 1. The van der Waals surface area contributed by atoms with Gasteiger partial charge in [-0.25, -0.2) is 4.98 Å². The van der Waals surface area contributed by atoms with E-state index in [1.54, 1.807) is 31.0 Å². The van der Waals surface area contributed by atoms with Gasteiger partial charge in [0, 0.05) is 13.2 Å². The molecular formula is C13H16N4O3. The summed E-state index contributed by atoms with van der Waals surface area (Å²) in [5, 5.41) is 16.1. The van der Waals surface area contributed by atoms with Crippen LogP contribution in [0.1, 0.15) is 29.1 Å². The molecule has 2 aromatic heterocycles. The number of aliphatic hydroxyl groups excluding tert-OH is 1. The van der Waals surface area contributed by atoms with Gasteiger partial charge in [0.1, 0.15) is 5.76 Å². The van der Waals surface area contributed by atoms with Crippen molar-refractivity contribution in [2.24, 2.45) is 7.05 Å². The van der Waals surface area contributed by atoms with Crippen molar-refractivity contribution in [1.82, 2.24) is 20.1 Å². The molecule has 1 aliphatic rings. The van der Waals surface area contributed by atoms with Crippen LogP contribution in [0.15, 0.2) is 16.8 Å². The number of hydrogen-bond donors (Lipinski definition) is 2. The highest BCUT2D eigenvalue weighted by Gasteiger charge is 2.44. The Kier molecular flexibility index (Phi) is 2.86. The van der Waals surface area contributed by atoms with Crippen LogP contribution in [0.25, 0.3) is 11.5 Å². The minimum atomic E-state index is -0.461. The monoisotopic (exact) mass is 276 g/mol. The fraction of sp³-hybridized carbons (Fsp3) is 0.462. The van der Waals surface area contributed by atoms with Crippen molar-refractivity contribution in [2.75, 3.05) is 6.61 Å². The second-order valence-electron chi connectivity index (χ2n) is 5.22. The van der Waals surface area contributed by atoms with E-state index >= 15 is 0 Å². The first kappa shape index (κ1) is 12.9. The largest absolute Gasteiger partial charge is 0.440 e. The Labute approximate surface area is 115 Å². The van der Waals surface area contributed by atoms with Crippen molar-refractivity contribution < 1.29 is 14.3 Å². The Hall–Kier alpha value is -2.15. The molecule has 0 bridgehead atoms. The maximum Gasteiger partial charge on any atom is 0.274 e. The average molecular weight is 276 g/mol. The molecule has 1 amide bonds. The molecule has 20 heavy (non-hydrogen) atoms. The number of hydrogen-bond acceptors (Lipinski definition) is 5. The predicted molar refractivity (Wildman–Crippen MR) is 70.0 cm³/mol. The Morgan fingerprint density at radius 3 is 2.90 bits per heavy atom. The van der Waals surface area contributed by atoms with E-state index < -0.39 is 5.54 Å². The molecule has 1 saturated carbocycles. The molecule has 2 N–H and O–H groups in total. The third-order valence-corrected chi connectivity index (χ3v) is 3.50. The summed E-state index contributed by atoms with van der Waals surface area (Å²) in [6.07, 6.45) is 4.98. The van der Waals surface area contributed by atoms with Gasteiger partial charge in [-0.15, -0.1) is 0 Å². The molecule has 0 spiro atoms. The van der Waals surface area contributed by atoms with Crippen LogP contribution in [0.5, 0.6) is 0 Å². The number of aryl methyl sites for hydroxylation is 2. The lowest BCUT2D eigenvalue weighted by Gasteiger charge is -2.12. The van der Waals surface area contributed by atoms with Gasteiger partial charge in [-0.3, -0.25) is 9.48 Å². The highest BCUT2D eigenvalue weighted by atomic mass is 16.4. The lowest BCUT2D eigenvalue weighted by Crippen LogP contribution is -2.40. The Bertz CT molecular complexity index is 654. The molecule has 1 fully saturated rings. The topological polar surface area (TPSA) is 93.2 Å². The van der Waals surface area contributed by atoms with Crippen molar-refractivity contribution >= 4 is 5.91 Å². The Morgan fingerprint density at radius 1 is 1.60 bits per heavy atom. The maximum absolute atomic E-state index is 12.2. The summed E-state index contributed by atoms with van der Waals surface area (Å²) in [4.78, 5) is 16.4. The van der Waals surface area contributed by atoms with E-state index in [9.17, 15) is 9.90 Å². The van der Waals surface area contributed by atoms with Gasteiger partial charge in [-0.1, -0.05) is 0 Å². The predicted octanol–water partition coefficient (Wildman–Crippen LogP) is 0.638. The van der Waals surface area contributed by atoms with Gasteiger partial charge in [-0.05, 0) is 19.8 Å². The quantitative estimate of drug-likeness (QED) is 0.854. The number of aliphatic hydroxyl groups is 1. The molecule has 7 heteroatoms. The van der Waals surface area contributed by atoms with Crippen molar-refractivity contribution in [2.45, 2.75) is 25.3 Å². The summed E-state index contributed by atoms with van der Waals surface area (Å²) in [6, 6.07) is 0. The number of nitrogens with one attached hydrogen (secondary N) is 1. The average Bonchev–Trinajstić information content (AvgIpc) is 2.86. The van der Waals surface area contributed by atoms with Crippen molar-refractivity contribution in [3.05, 3.63) is 23.8 Å². The molecule has 0 saturated heterocycles. The molecule has 106 valence electrons. The van der Waals surface area contributed by atoms with Crippen LogP contribution < -0.4 is 5.32 Å². The van der Waals surface area contributed by atoms with E-state index in [-0.39, 0.29) is 18.2 Å². The minimum Gasteiger partial charge on any atom is -0.440 e. The molecular weight excluding hydrogens is 260 g/mol. The first-order chi connectivity index (χ1) is 9.53. The van der Waals surface area contributed by atoms with Crippen molar-refractivity contribution in [3.8, 4) is 11.5 Å². The van der Waals surface area contributed by atoms with Gasteiger partial charge in [0.15, 0.2) is 5.69 Å². The van der Waals surface area contributed by atoms with Crippen molar-refractivity contribution in [1.29, 1.82) is 0 Å². The number of amides is 1. The van der Waals surface area contributed by atoms with Gasteiger partial charge >= 0.3 is 0 Å². The van der Waals surface area contributed by atoms with Gasteiger partial charge in [0.25, 0.3) is 5.91 Å². The van der Waals surface area contributed by atoms with Gasteiger partial charge < -0.3 is 14.8 Å². The summed E-state index contributed by atoms with van der Waals surface area (Å²) in [7, 11) is 1.80. The van der Waals surface area contributed by atoms with E-state index in [4.69, 9.17) is 4.42 Å². The highest BCUT2D eigenvalue weighted by Crippen LogP contribution is 2.35. The molecule has 1 aliphatic carbocycles. The molecule has 2 aromatic rings. The smallest absolute Gasteiger partial charge is 0.274 e. The zero-order valence-electron chi connectivity index (χ0n) is 11.4. The Morgan fingerprint density at radius 2 is 2.35 bits per heavy atom. The Balaban J connectivity index is 1.84. The van der Waals surface area contributed by atoms with Crippen LogP contribution in [-0.2, 0) is 7.05 Å². The van der Waals surface area contributed by atoms with Gasteiger partial charge in [0.05, 0.1) is 23.9 Å². The zero-order chi connectivity index (χ0) is 14.3. The number of oxazole rings is 1. The number of nitrogens with zero attached hydrogens (tertiary/aromatic N) is 3. The number of rotatable bonds is 4. The minimum absolute atomic E-state index is 0.0505. The van der Waals surface area contributed by atoms with Crippen LogP contribution in [0.3, 0.4) is 0 Å². The van der Waals surface area contributed by atoms with E-state index in [1.807, 2.05) is 0 Å². The molecule has 0 radical (unpaired) electrons. The van der Waals surface area contributed by atoms with Crippen LogP contribution >= 0.6 is 0 Å².